The lowest BCUT2D eigenvalue weighted by Crippen LogP contribution is -2.38. The Morgan fingerprint density at radius 3 is 2.86 bits per heavy atom. The summed E-state index contributed by atoms with van der Waals surface area (Å²) in [6, 6.07) is 10.2. The lowest BCUT2D eigenvalue weighted by molar-refractivity contribution is -0.121. The van der Waals surface area contributed by atoms with Gasteiger partial charge in [0.05, 0.1) is 17.8 Å². The second kappa shape index (κ2) is 5.48. The Labute approximate surface area is 125 Å². The van der Waals surface area contributed by atoms with E-state index in [9.17, 15) is 14.0 Å². The van der Waals surface area contributed by atoms with Gasteiger partial charge in [-0.2, -0.15) is 0 Å². The minimum Gasteiger partial charge on any atom is -0.482 e. The lowest BCUT2D eigenvalue weighted by Gasteiger charge is -2.29. The highest BCUT2D eigenvalue weighted by atomic mass is 19.1. The SMILES string of the molecule is O=C(O)c1cccc(CN2C(=O)COc3ccc(F)cc32)c1. The smallest absolute Gasteiger partial charge is 0.335 e. The quantitative estimate of drug-likeness (QED) is 0.945. The van der Waals surface area contributed by atoms with Crippen LogP contribution in [0.15, 0.2) is 42.5 Å². The van der Waals surface area contributed by atoms with Gasteiger partial charge in [0.15, 0.2) is 6.61 Å². The summed E-state index contributed by atoms with van der Waals surface area (Å²) >= 11 is 0. The Balaban J connectivity index is 1.95. The summed E-state index contributed by atoms with van der Waals surface area (Å²) in [5, 5.41) is 9.01. The first kappa shape index (κ1) is 14.1. The van der Waals surface area contributed by atoms with E-state index in [4.69, 9.17) is 9.84 Å². The van der Waals surface area contributed by atoms with Crippen molar-refractivity contribution < 1.29 is 23.8 Å². The summed E-state index contributed by atoms with van der Waals surface area (Å²) in [4.78, 5) is 24.4. The zero-order valence-corrected chi connectivity index (χ0v) is 11.5. The van der Waals surface area contributed by atoms with Gasteiger partial charge in [-0.15, -0.1) is 0 Å². The third-order valence-electron chi connectivity index (χ3n) is 3.38. The van der Waals surface area contributed by atoms with Gasteiger partial charge in [-0.25, -0.2) is 9.18 Å². The number of amides is 1. The van der Waals surface area contributed by atoms with Crippen LogP contribution in [0.2, 0.25) is 0 Å². The van der Waals surface area contributed by atoms with Crippen molar-refractivity contribution in [2.24, 2.45) is 0 Å². The summed E-state index contributed by atoms with van der Waals surface area (Å²) < 4.78 is 18.7. The van der Waals surface area contributed by atoms with Crippen LogP contribution in [0.3, 0.4) is 0 Å². The van der Waals surface area contributed by atoms with Crippen molar-refractivity contribution in [3.8, 4) is 5.75 Å². The summed E-state index contributed by atoms with van der Waals surface area (Å²) in [6.45, 7) is 0.0248. The van der Waals surface area contributed by atoms with Gasteiger partial charge in [0.1, 0.15) is 11.6 Å². The van der Waals surface area contributed by atoms with Gasteiger partial charge in [-0.1, -0.05) is 12.1 Å². The van der Waals surface area contributed by atoms with E-state index in [0.29, 0.717) is 17.0 Å². The van der Waals surface area contributed by atoms with Gasteiger partial charge < -0.3 is 14.7 Å². The number of carboxylic acids is 1. The van der Waals surface area contributed by atoms with E-state index in [0.717, 1.165) is 0 Å². The standard InChI is InChI=1S/C16H12FNO4/c17-12-4-5-14-13(7-12)18(15(19)9-22-14)8-10-2-1-3-11(6-10)16(20)21/h1-7H,8-9H2,(H,20,21). The number of hydrogen-bond acceptors (Lipinski definition) is 3. The van der Waals surface area contributed by atoms with Crippen molar-refractivity contribution in [2.45, 2.75) is 6.54 Å². The van der Waals surface area contributed by atoms with Gasteiger partial charge in [-0.05, 0) is 29.8 Å². The van der Waals surface area contributed by atoms with E-state index >= 15 is 0 Å². The molecule has 0 saturated heterocycles. The van der Waals surface area contributed by atoms with Crippen LogP contribution < -0.4 is 9.64 Å². The average molecular weight is 301 g/mol. The number of anilines is 1. The maximum Gasteiger partial charge on any atom is 0.335 e. The van der Waals surface area contributed by atoms with Crippen LogP contribution in [0.25, 0.3) is 0 Å². The largest absolute Gasteiger partial charge is 0.482 e. The number of rotatable bonds is 3. The summed E-state index contributed by atoms with van der Waals surface area (Å²) in [6.07, 6.45) is 0. The molecule has 0 aliphatic carbocycles. The number of aromatic carboxylic acids is 1. The number of carbonyl (C=O) groups excluding carboxylic acids is 1. The molecule has 6 heteroatoms. The topological polar surface area (TPSA) is 66.8 Å². The van der Waals surface area contributed by atoms with Crippen LogP contribution in [0.5, 0.6) is 5.75 Å². The molecule has 0 spiro atoms. The van der Waals surface area contributed by atoms with E-state index in [1.165, 1.54) is 35.2 Å². The number of fused-ring (bicyclic) bond motifs is 1. The number of nitrogens with zero attached hydrogens (tertiary/aromatic N) is 1. The summed E-state index contributed by atoms with van der Waals surface area (Å²) in [5.41, 5.74) is 1.13. The number of hydrogen-bond donors (Lipinski definition) is 1. The van der Waals surface area contributed by atoms with Crippen LogP contribution >= 0.6 is 0 Å². The molecule has 1 aliphatic heterocycles. The first-order valence-electron chi connectivity index (χ1n) is 6.59. The highest BCUT2D eigenvalue weighted by Gasteiger charge is 2.26. The van der Waals surface area contributed by atoms with Gasteiger partial charge in [0.2, 0.25) is 0 Å². The molecule has 1 N–H and O–H groups in total. The first-order valence-corrected chi connectivity index (χ1v) is 6.59. The fourth-order valence-electron chi connectivity index (χ4n) is 2.33. The third kappa shape index (κ3) is 2.63. The van der Waals surface area contributed by atoms with E-state index in [-0.39, 0.29) is 24.6 Å². The van der Waals surface area contributed by atoms with E-state index in [2.05, 4.69) is 0 Å². The molecular formula is C16H12FNO4. The molecule has 0 unspecified atom stereocenters. The maximum absolute atomic E-state index is 13.4. The van der Waals surface area contributed by atoms with Crippen LogP contribution in [-0.4, -0.2) is 23.6 Å². The Kier molecular flexibility index (Phi) is 3.50. The van der Waals surface area contributed by atoms with Crippen LogP contribution in [0.1, 0.15) is 15.9 Å². The second-order valence-electron chi connectivity index (χ2n) is 4.89. The monoisotopic (exact) mass is 301 g/mol. The fraction of sp³-hybridized carbons (Fsp3) is 0.125. The Morgan fingerprint density at radius 2 is 2.09 bits per heavy atom. The minimum atomic E-state index is -1.04. The number of halogens is 1. The first-order chi connectivity index (χ1) is 10.5. The zero-order valence-electron chi connectivity index (χ0n) is 11.5. The van der Waals surface area contributed by atoms with Crippen molar-refractivity contribution in [1.82, 2.24) is 0 Å². The van der Waals surface area contributed by atoms with Gasteiger partial charge in [0.25, 0.3) is 5.91 Å². The van der Waals surface area contributed by atoms with Crippen LogP contribution in [0, 0.1) is 5.82 Å². The molecule has 5 nitrogen and oxygen atoms in total. The normalized spacial score (nSPS) is 13.5. The van der Waals surface area contributed by atoms with Crippen molar-refractivity contribution >= 4 is 17.6 Å². The molecule has 2 aromatic carbocycles. The molecule has 0 bridgehead atoms. The molecule has 1 amide bonds. The lowest BCUT2D eigenvalue weighted by atomic mass is 10.1. The molecule has 0 atom stereocenters. The van der Waals surface area contributed by atoms with Gasteiger partial charge in [0, 0.05) is 6.07 Å². The fourth-order valence-corrected chi connectivity index (χ4v) is 2.33. The molecule has 0 aromatic heterocycles. The molecular weight excluding hydrogens is 289 g/mol. The summed E-state index contributed by atoms with van der Waals surface area (Å²) in [7, 11) is 0. The highest BCUT2D eigenvalue weighted by Crippen LogP contribution is 2.33. The summed E-state index contributed by atoms with van der Waals surface area (Å²) in [5.74, 6) is -1.39. The molecule has 0 fully saturated rings. The molecule has 1 aliphatic rings. The van der Waals surface area contributed by atoms with Gasteiger partial charge in [-0.3, -0.25) is 4.79 Å². The molecule has 1 heterocycles. The highest BCUT2D eigenvalue weighted by molar-refractivity contribution is 5.97. The zero-order chi connectivity index (χ0) is 15.7. The Morgan fingerprint density at radius 1 is 1.27 bits per heavy atom. The van der Waals surface area contributed by atoms with E-state index in [1.54, 1.807) is 12.1 Å². The Bertz CT molecular complexity index is 760. The molecule has 3 rings (SSSR count). The van der Waals surface area contributed by atoms with Crippen molar-refractivity contribution in [2.75, 3.05) is 11.5 Å². The van der Waals surface area contributed by atoms with E-state index < -0.39 is 11.8 Å². The van der Waals surface area contributed by atoms with Crippen LogP contribution in [0.4, 0.5) is 10.1 Å². The molecule has 112 valence electrons. The molecule has 0 saturated carbocycles. The van der Waals surface area contributed by atoms with Gasteiger partial charge >= 0.3 is 5.97 Å². The van der Waals surface area contributed by atoms with Crippen molar-refractivity contribution in [1.29, 1.82) is 0 Å². The Hall–Kier alpha value is -2.89. The number of carbonyl (C=O) groups is 2. The van der Waals surface area contributed by atoms with Crippen molar-refractivity contribution in [3.63, 3.8) is 0 Å². The number of benzene rings is 2. The molecule has 2 aromatic rings. The maximum atomic E-state index is 13.4. The third-order valence-corrected chi connectivity index (χ3v) is 3.38. The minimum absolute atomic E-state index is 0.128. The molecule has 22 heavy (non-hydrogen) atoms. The van der Waals surface area contributed by atoms with Crippen molar-refractivity contribution in [3.05, 3.63) is 59.4 Å². The van der Waals surface area contributed by atoms with Crippen LogP contribution in [-0.2, 0) is 11.3 Å². The number of ether oxygens (including phenoxy) is 1. The number of carboxylic acid groups (broad SMARTS) is 1. The predicted octanol–water partition coefficient (Wildman–Crippen LogP) is 2.45. The predicted molar refractivity (Wildman–Crippen MR) is 76.5 cm³/mol. The average Bonchev–Trinajstić information content (AvgIpc) is 2.50. The second-order valence-corrected chi connectivity index (χ2v) is 4.89. The van der Waals surface area contributed by atoms with E-state index in [1.807, 2.05) is 0 Å². The molecule has 0 radical (unpaired) electrons.